The SMILES string of the molecule is C[C@@H]1[C@@H](C)C/C=C/[C@@](O)([C@@H]2CCN(C)C2=O)[C@@H]2CC[C@H]2CN2CCCCc3cc(Cl)ccc3COc3ccc(cc32)C(=O)NS1(=O)=O. The zero-order valence-electron chi connectivity index (χ0n) is 27.5. The number of ether oxygens (including phenoxy) is 1. The molecule has 2 bridgehead atoms. The van der Waals surface area contributed by atoms with Crippen LogP contribution in [-0.2, 0) is 27.8 Å². The van der Waals surface area contributed by atoms with Crippen LogP contribution in [0.15, 0.2) is 48.6 Å². The van der Waals surface area contributed by atoms with E-state index >= 15 is 0 Å². The van der Waals surface area contributed by atoms with Gasteiger partial charge in [0.2, 0.25) is 15.9 Å². The lowest BCUT2D eigenvalue weighted by Crippen LogP contribution is -2.55. The second-order valence-electron chi connectivity index (χ2n) is 14.0. The Labute approximate surface area is 283 Å². The van der Waals surface area contributed by atoms with Crippen molar-refractivity contribution in [1.29, 1.82) is 0 Å². The summed E-state index contributed by atoms with van der Waals surface area (Å²) < 4.78 is 35.5. The van der Waals surface area contributed by atoms with Crippen molar-refractivity contribution in [1.82, 2.24) is 9.62 Å². The van der Waals surface area contributed by atoms with Crippen molar-refractivity contribution >= 4 is 39.1 Å². The molecular formula is C36H46ClN3O6S. The molecule has 6 rings (SSSR count). The molecule has 0 aromatic heterocycles. The summed E-state index contributed by atoms with van der Waals surface area (Å²) in [5.74, 6) is -1.09. The van der Waals surface area contributed by atoms with Gasteiger partial charge in [0, 0.05) is 37.3 Å². The lowest BCUT2D eigenvalue weighted by molar-refractivity contribution is -0.143. The van der Waals surface area contributed by atoms with Crippen molar-refractivity contribution in [3.63, 3.8) is 0 Å². The maximum atomic E-state index is 13.5. The summed E-state index contributed by atoms with van der Waals surface area (Å²) in [4.78, 5) is 30.7. The Balaban J connectivity index is 1.42. The Kier molecular flexibility index (Phi) is 9.67. The Hall–Kier alpha value is -3.08. The largest absolute Gasteiger partial charge is 0.487 e. The number of benzene rings is 2. The summed E-state index contributed by atoms with van der Waals surface area (Å²) in [6.07, 6.45) is 8.89. The van der Waals surface area contributed by atoms with E-state index in [2.05, 4.69) is 9.62 Å². The molecule has 254 valence electrons. The van der Waals surface area contributed by atoms with Crippen molar-refractivity contribution in [2.45, 2.75) is 76.3 Å². The fraction of sp³-hybridized carbons (Fsp3) is 0.556. The van der Waals surface area contributed by atoms with E-state index in [1.54, 1.807) is 43.1 Å². The number of amides is 2. The first-order valence-electron chi connectivity index (χ1n) is 16.9. The van der Waals surface area contributed by atoms with Gasteiger partial charge < -0.3 is 19.6 Å². The van der Waals surface area contributed by atoms with Gasteiger partial charge in [-0.15, -0.1) is 0 Å². The Morgan fingerprint density at radius 1 is 1.02 bits per heavy atom. The van der Waals surface area contributed by atoms with Crippen LogP contribution in [0, 0.1) is 23.7 Å². The number of nitrogens with zero attached hydrogens (tertiary/aromatic N) is 2. The molecular weight excluding hydrogens is 638 g/mol. The molecule has 9 nitrogen and oxygen atoms in total. The van der Waals surface area contributed by atoms with Crippen LogP contribution in [0.25, 0.3) is 0 Å². The van der Waals surface area contributed by atoms with Crippen LogP contribution in [0.4, 0.5) is 5.69 Å². The number of likely N-dealkylation sites (tertiary alicyclic amines) is 1. The van der Waals surface area contributed by atoms with Gasteiger partial charge in [0.25, 0.3) is 5.91 Å². The molecule has 2 fully saturated rings. The number of sulfonamides is 1. The normalized spacial score (nSPS) is 32.1. The smallest absolute Gasteiger partial charge is 0.264 e. The topological polar surface area (TPSA) is 116 Å². The number of allylic oxidation sites excluding steroid dienone is 1. The van der Waals surface area contributed by atoms with Crippen LogP contribution in [-0.4, -0.2) is 67.8 Å². The average Bonchev–Trinajstić information content (AvgIpc) is 3.35. The predicted molar refractivity (Wildman–Crippen MR) is 183 cm³/mol. The van der Waals surface area contributed by atoms with Gasteiger partial charge >= 0.3 is 0 Å². The first kappa shape index (κ1) is 33.8. The third-order valence-electron chi connectivity index (χ3n) is 11.1. The number of halogens is 1. The van der Waals surface area contributed by atoms with Gasteiger partial charge in [0.1, 0.15) is 12.4 Å². The second-order valence-corrected chi connectivity index (χ2v) is 16.5. The predicted octanol–water partition coefficient (Wildman–Crippen LogP) is 5.34. The van der Waals surface area contributed by atoms with Crippen LogP contribution in [0.5, 0.6) is 5.75 Å². The molecule has 2 aromatic rings. The highest BCUT2D eigenvalue weighted by atomic mass is 35.5. The molecule has 2 amide bonds. The summed E-state index contributed by atoms with van der Waals surface area (Å²) in [6.45, 7) is 5.60. The van der Waals surface area contributed by atoms with Crippen molar-refractivity contribution in [3.8, 4) is 5.75 Å². The molecule has 0 radical (unpaired) electrons. The summed E-state index contributed by atoms with van der Waals surface area (Å²) in [7, 11) is -2.24. The van der Waals surface area contributed by atoms with E-state index in [1.165, 1.54) is 0 Å². The van der Waals surface area contributed by atoms with Crippen LogP contribution in [0.1, 0.15) is 73.9 Å². The van der Waals surface area contributed by atoms with Crippen molar-refractivity contribution in [3.05, 3.63) is 70.3 Å². The van der Waals surface area contributed by atoms with Gasteiger partial charge in [-0.2, -0.15) is 0 Å². The molecule has 1 saturated carbocycles. The molecule has 2 N–H and O–H groups in total. The minimum atomic E-state index is -4.02. The number of hydrogen-bond acceptors (Lipinski definition) is 7. The number of nitrogens with one attached hydrogen (secondary N) is 1. The Bertz CT molecular complexity index is 1660. The fourth-order valence-corrected chi connectivity index (χ4v) is 9.24. The third-order valence-corrected chi connectivity index (χ3v) is 13.3. The van der Waals surface area contributed by atoms with Crippen LogP contribution < -0.4 is 14.4 Å². The summed E-state index contributed by atoms with van der Waals surface area (Å²) in [6, 6.07) is 10.9. The number of fused-ring (bicyclic) bond motifs is 3. The van der Waals surface area contributed by atoms with Gasteiger partial charge in [0.15, 0.2) is 0 Å². The van der Waals surface area contributed by atoms with E-state index in [9.17, 15) is 23.1 Å². The lowest BCUT2D eigenvalue weighted by atomic mass is 9.60. The monoisotopic (exact) mass is 683 g/mol. The third kappa shape index (κ3) is 6.78. The van der Waals surface area contributed by atoms with Crippen molar-refractivity contribution < 1.29 is 27.9 Å². The maximum absolute atomic E-state index is 13.5. The summed E-state index contributed by atoms with van der Waals surface area (Å²) >= 11 is 6.34. The van der Waals surface area contributed by atoms with Crippen LogP contribution in [0.2, 0.25) is 5.02 Å². The summed E-state index contributed by atoms with van der Waals surface area (Å²) in [5, 5.41) is 12.3. The average molecular weight is 684 g/mol. The molecule has 1 saturated heterocycles. The number of carbonyl (C=O) groups excluding carboxylic acids is 2. The van der Waals surface area contributed by atoms with E-state index in [1.807, 2.05) is 31.2 Å². The number of carbonyl (C=O) groups is 2. The molecule has 47 heavy (non-hydrogen) atoms. The van der Waals surface area contributed by atoms with Crippen molar-refractivity contribution in [2.24, 2.45) is 23.7 Å². The highest BCUT2D eigenvalue weighted by molar-refractivity contribution is 7.90. The highest BCUT2D eigenvalue weighted by Gasteiger charge is 2.54. The van der Waals surface area contributed by atoms with E-state index < -0.39 is 32.7 Å². The van der Waals surface area contributed by atoms with Crippen LogP contribution in [0.3, 0.4) is 0 Å². The lowest BCUT2D eigenvalue weighted by Gasteiger charge is -2.50. The molecule has 4 aliphatic rings. The Morgan fingerprint density at radius 3 is 2.55 bits per heavy atom. The van der Waals surface area contributed by atoms with Gasteiger partial charge in [-0.1, -0.05) is 36.7 Å². The van der Waals surface area contributed by atoms with Crippen molar-refractivity contribution in [2.75, 3.05) is 31.6 Å². The van der Waals surface area contributed by atoms with Crippen LogP contribution >= 0.6 is 11.6 Å². The maximum Gasteiger partial charge on any atom is 0.264 e. The second kappa shape index (κ2) is 13.4. The van der Waals surface area contributed by atoms with E-state index in [0.717, 1.165) is 43.2 Å². The number of hydrogen-bond donors (Lipinski definition) is 2. The standard InChI is InChI=1S/C36H46ClN3O6S/c1-23-7-6-16-36(43,31-15-18-39(3)35(31)42)30-13-10-27(30)21-40-17-5-4-8-25-19-29(37)12-9-28(25)22-46-33-14-11-26(20-32(33)40)34(41)38-47(44,45)24(23)2/h6,9,11-12,14,16,19-20,23-24,27,30-31,43H,4-5,7-8,10,13,15,17-18,21-22H2,1-3H3,(H,38,41)/b16-6+/t23-,24+,27-,30+,31+,36-/m0/s1. The molecule has 6 atom stereocenters. The number of aliphatic hydroxyl groups is 1. The van der Waals surface area contributed by atoms with Gasteiger partial charge in [-0.3, -0.25) is 9.59 Å². The van der Waals surface area contributed by atoms with Gasteiger partial charge in [-0.25, -0.2) is 13.1 Å². The van der Waals surface area contributed by atoms with E-state index in [-0.39, 0.29) is 29.2 Å². The summed E-state index contributed by atoms with van der Waals surface area (Å²) in [5.41, 5.74) is 1.78. The number of anilines is 1. The fourth-order valence-electron chi connectivity index (χ4n) is 7.76. The minimum absolute atomic E-state index is 0.0535. The molecule has 3 aliphatic heterocycles. The van der Waals surface area contributed by atoms with E-state index in [0.29, 0.717) is 55.5 Å². The molecule has 3 heterocycles. The van der Waals surface area contributed by atoms with Gasteiger partial charge in [-0.05, 0) is 111 Å². The number of rotatable bonds is 1. The first-order valence-corrected chi connectivity index (χ1v) is 18.8. The van der Waals surface area contributed by atoms with E-state index in [4.69, 9.17) is 16.3 Å². The zero-order chi connectivity index (χ0) is 33.5. The molecule has 0 spiro atoms. The molecule has 11 heteroatoms. The van der Waals surface area contributed by atoms with Gasteiger partial charge in [0.05, 0.1) is 22.5 Å². The molecule has 2 aromatic carbocycles. The molecule has 0 unspecified atom stereocenters. The zero-order valence-corrected chi connectivity index (χ0v) is 29.0. The molecule has 1 aliphatic carbocycles. The quantitative estimate of drug-likeness (QED) is 0.390. The highest BCUT2D eigenvalue weighted by Crippen LogP contribution is 2.49. The Morgan fingerprint density at radius 2 is 1.83 bits per heavy atom. The first-order chi connectivity index (χ1) is 22.4. The minimum Gasteiger partial charge on any atom is -0.487 e. The number of aryl methyl sites for hydroxylation is 1.